The van der Waals surface area contributed by atoms with Crippen LogP contribution in [0.5, 0.6) is 0 Å². The predicted molar refractivity (Wildman–Crippen MR) is 64.9 cm³/mol. The summed E-state index contributed by atoms with van der Waals surface area (Å²) in [6.45, 7) is 1.87. The van der Waals surface area contributed by atoms with Gasteiger partial charge in [-0.3, -0.25) is 0 Å². The number of para-hydroxylation sites is 1. The van der Waals surface area contributed by atoms with Gasteiger partial charge < -0.3 is 15.7 Å². The lowest BCUT2D eigenvalue weighted by atomic mass is 10.2. The van der Waals surface area contributed by atoms with Crippen molar-refractivity contribution in [3.05, 3.63) is 30.3 Å². The second-order valence-corrected chi connectivity index (χ2v) is 3.64. The smallest absolute Gasteiger partial charge is 0.326 e. The molecule has 0 bridgehead atoms. The van der Waals surface area contributed by atoms with E-state index in [0.29, 0.717) is 18.5 Å². The first kappa shape index (κ1) is 13.0. The van der Waals surface area contributed by atoms with Gasteiger partial charge in [-0.1, -0.05) is 31.5 Å². The van der Waals surface area contributed by atoms with Crippen LogP contribution < -0.4 is 10.6 Å². The van der Waals surface area contributed by atoms with E-state index in [4.69, 9.17) is 5.11 Å². The summed E-state index contributed by atoms with van der Waals surface area (Å²) >= 11 is 0. The number of aliphatic carboxylic acids is 1. The van der Waals surface area contributed by atoms with Crippen LogP contribution in [0.1, 0.15) is 19.8 Å². The second-order valence-electron chi connectivity index (χ2n) is 3.64. The van der Waals surface area contributed by atoms with Crippen LogP contribution in [0.2, 0.25) is 0 Å². The summed E-state index contributed by atoms with van der Waals surface area (Å²) in [5, 5.41) is 13.9. The molecule has 0 spiro atoms. The number of carboxylic acid groups (broad SMARTS) is 1. The molecule has 0 saturated carbocycles. The maximum Gasteiger partial charge on any atom is 0.326 e. The molecule has 1 rings (SSSR count). The highest BCUT2D eigenvalue weighted by Crippen LogP contribution is 2.05. The van der Waals surface area contributed by atoms with Crippen molar-refractivity contribution in [1.29, 1.82) is 0 Å². The Hall–Kier alpha value is -2.04. The molecular formula is C12H16N2O3. The van der Waals surface area contributed by atoms with E-state index in [-0.39, 0.29) is 0 Å². The summed E-state index contributed by atoms with van der Waals surface area (Å²) in [7, 11) is 0. The van der Waals surface area contributed by atoms with Gasteiger partial charge in [-0.25, -0.2) is 9.59 Å². The number of hydrogen-bond donors (Lipinski definition) is 3. The monoisotopic (exact) mass is 236 g/mol. The van der Waals surface area contributed by atoms with Crippen molar-refractivity contribution in [2.45, 2.75) is 25.8 Å². The molecular weight excluding hydrogens is 220 g/mol. The van der Waals surface area contributed by atoms with E-state index in [2.05, 4.69) is 10.6 Å². The fourth-order valence-electron chi connectivity index (χ4n) is 1.39. The van der Waals surface area contributed by atoms with Gasteiger partial charge in [0.15, 0.2) is 0 Å². The fraction of sp³-hybridized carbons (Fsp3) is 0.333. The zero-order chi connectivity index (χ0) is 12.7. The summed E-state index contributed by atoms with van der Waals surface area (Å²) in [6, 6.07) is 7.53. The number of carbonyl (C=O) groups is 2. The van der Waals surface area contributed by atoms with Gasteiger partial charge in [0.25, 0.3) is 0 Å². The molecule has 3 N–H and O–H groups in total. The highest BCUT2D eigenvalue weighted by atomic mass is 16.4. The highest BCUT2D eigenvalue weighted by molar-refractivity contribution is 5.92. The Morgan fingerprint density at radius 3 is 2.47 bits per heavy atom. The average Bonchev–Trinajstić information content (AvgIpc) is 2.29. The number of rotatable bonds is 5. The van der Waals surface area contributed by atoms with Gasteiger partial charge in [0, 0.05) is 5.69 Å². The van der Waals surface area contributed by atoms with Crippen molar-refractivity contribution in [3.63, 3.8) is 0 Å². The molecule has 0 saturated heterocycles. The second kappa shape index (κ2) is 6.52. The van der Waals surface area contributed by atoms with Gasteiger partial charge in [0.1, 0.15) is 6.04 Å². The van der Waals surface area contributed by atoms with Gasteiger partial charge >= 0.3 is 12.0 Å². The lowest BCUT2D eigenvalue weighted by Gasteiger charge is -2.14. The van der Waals surface area contributed by atoms with Gasteiger partial charge in [-0.05, 0) is 18.6 Å². The van der Waals surface area contributed by atoms with Gasteiger partial charge in [0.05, 0.1) is 0 Å². The Morgan fingerprint density at radius 1 is 1.29 bits per heavy atom. The van der Waals surface area contributed by atoms with E-state index < -0.39 is 18.0 Å². The first-order valence-corrected chi connectivity index (χ1v) is 5.49. The topological polar surface area (TPSA) is 78.4 Å². The minimum atomic E-state index is -1.02. The van der Waals surface area contributed by atoms with Crippen LogP contribution in [0.25, 0.3) is 0 Å². The molecule has 1 aromatic rings. The lowest BCUT2D eigenvalue weighted by Crippen LogP contribution is -2.42. The maximum atomic E-state index is 11.5. The number of anilines is 1. The number of nitrogens with one attached hydrogen (secondary N) is 2. The molecule has 5 nitrogen and oxygen atoms in total. The third kappa shape index (κ3) is 4.55. The summed E-state index contributed by atoms with van der Waals surface area (Å²) in [5.74, 6) is -1.02. The summed E-state index contributed by atoms with van der Waals surface area (Å²) in [4.78, 5) is 22.4. The van der Waals surface area contributed by atoms with Crippen molar-refractivity contribution < 1.29 is 14.7 Å². The zero-order valence-electron chi connectivity index (χ0n) is 9.64. The molecule has 0 aromatic heterocycles. The SMILES string of the molecule is CCC[C@@H](NC(=O)Nc1ccccc1)C(=O)O. The predicted octanol–water partition coefficient (Wildman–Crippen LogP) is 2.06. The van der Waals surface area contributed by atoms with Gasteiger partial charge in [-0.2, -0.15) is 0 Å². The van der Waals surface area contributed by atoms with Crippen molar-refractivity contribution >= 4 is 17.7 Å². The normalized spacial score (nSPS) is 11.6. The molecule has 0 unspecified atom stereocenters. The van der Waals surface area contributed by atoms with E-state index in [1.807, 2.05) is 13.0 Å². The van der Waals surface area contributed by atoms with E-state index in [1.54, 1.807) is 24.3 Å². The van der Waals surface area contributed by atoms with Crippen molar-refractivity contribution in [2.75, 3.05) is 5.32 Å². The molecule has 0 aliphatic carbocycles. The number of amides is 2. The van der Waals surface area contributed by atoms with Crippen LogP contribution in [-0.2, 0) is 4.79 Å². The molecule has 17 heavy (non-hydrogen) atoms. The minimum Gasteiger partial charge on any atom is -0.480 e. The van der Waals surface area contributed by atoms with Crippen LogP contribution in [0.4, 0.5) is 10.5 Å². The summed E-state index contributed by atoms with van der Waals surface area (Å²) < 4.78 is 0. The molecule has 0 heterocycles. The molecule has 5 heteroatoms. The Kier molecular flexibility index (Phi) is 5.00. The fourth-order valence-corrected chi connectivity index (χ4v) is 1.39. The van der Waals surface area contributed by atoms with Crippen LogP contribution in [-0.4, -0.2) is 23.1 Å². The molecule has 92 valence electrons. The lowest BCUT2D eigenvalue weighted by molar-refractivity contribution is -0.139. The third-order valence-corrected chi connectivity index (χ3v) is 2.21. The zero-order valence-corrected chi connectivity index (χ0v) is 9.64. The van der Waals surface area contributed by atoms with Crippen LogP contribution in [0.3, 0.4) is 0 Å². The quantitative estimate of drug-likeness (QED) is 0.732. The maximum absolute atomic E-state index is 11.5. The van der Waals surface area contributed by atoms with E-state index in [1.165, 1.54) is 0 Å². The summed E-state index contributed by atoms with van der Waals surface area (Å²) in [6.07, 6.45) is 1.11. The minimum absolute atomic E-state index is 0.414. The molecule has 0 radical (unpaired) electrons. The molecule has 0 fully saturated rings. The van der Waals surface area contributed by atoms with E-state index in [0.717, 1.165) is 0 Å². The van der Waals surface area contributed by atoms with Crippen molar-refractivity contribution in [3.8, 4) is 0 Å². The Balaban J connectivity index is 2.51. The summed E-state index contributed by atoms with van der Waals surface area (Å²) in [5.41, 5.74) is 0.630. The molecule has 1 atom stereocenters. The van der Waals surface area contributed by atoms with E-state index in [9.17, 15) is 9.59 Å². The van der Waals surface area contributed by atoms with E-state index >= 15 is 0 Å². The molecule has 2 amide bonds. The molecule has 0 aliphatic heterocycles. The third-order valence-electron chi connectivity index (χ3n) is 2.21. The number of carboxylic acids is 1. The largest absolute Gasteiger partial charge is 0.480 e. The number of benzene rings is 1. The Bertz CT molecular complexity index is 379. The number of hydrogen-bond acceptors (Lipinski definition) is 2. The van der Waals surface area contributed by atoms with Crippen LogP contribution >= 0.6 is 0 Å². The number of carbonyl (C=O) groups excluding carboxylic acids is 1. The molecule has 1 aromatic carbocycles. The standard InChI is InChI=1S/C12H16N2O3/c1-2-6-10(11(15)16)14-12(17)13-9-7-4-3-5-8-9/h3-5,7-8,10H,2,6H2,1H3,(H,15,16)(H2,13,14,17)/t10-/m1/s1. The van der Waals surface area contributed by atoms with Crippen molar-refractivity contribution in [2.24, 2.45) is 0 Å². The Morgan fingerprint density at radius 2 is 1.94 bits per heavy atom. The number of urea groups is 1. The van der Waals surface area contributed by atoms with Gasteiger partial charge in [0.2, 0.25) is 0 Å². The van der Waals surface area contributed by atoms with Gasteiger partial charge in [-0.15, -0.1) is 0 Å². The average molecular weight is 236 g/mol. The Labute approximate surface area is 99.8 Å². The highest BCUT2D eigenvalue weighted by Gasteiger charge is 2.18. The molecule has 0 aliphatic rings. The first-order valence-electron chi connectivity index (χ1n) is 5.49. The first-order chi connectivity index (χ1) is 8.13. The van der Waals surface area contributed by atoms with Crippen LogP contribution in [0, 0.1) is 0 Å². The van der Waals surface area contributed by atoms with Crippen molar-refractivity contribution in [1.82, 2.24) is 5.32 Å². The van der Waals surface area contributed by atoms with Crippen LogP contribution in [0.15, 0.2) is 30.3 Å².